The SMILES string of the molecule is CNC1[N-]C(C)C2CCCC(C)C12.[Cu+]. The predicted octanol–water partition coefficient (Wildman–Crippen LogP) is 2.36. The van der Waals surface area contributed by atoms with Crippen LogP contribution in [0.2, 0.25) is 0 Å². The molecule has 0 aromatic rings. The van der Waals surface area contributed by atoms with E-state index in [-0.39, 0.29) is 17.1 Å². The number of hydrogen-bond donors (Lipinski definition) is 1. The zero-order valence-electron chi connectivity index (χ0n) is 9.26. The van der Waals surface area contributed by atoms with Crippen LogP contribution in [0.5, 0.6) is 0 Å². The Morgan fingerprint density at radius 3 is 2.57 bits per heavy atom. The minimum atomic E-state index is 0. The Labute approximate surface area is 98.1 Å². The molecule has 1 heterocycles. The molecular formula is C11H21CuN2. The fourth-order valence-corrected chi connectivity index (χ4v) is 3.32. The largest absolute Gasteiger partial charge is 1.00 e. The summed E-state index contributed by atoms with van der Waals surface area (Å²) in [7, 11) is 2.05. The van der Waals surface area contributed by atoms with Crippen molar-refractivity contribution in [3.05, 3.63) is 5.32 Å². The van der Waals surface area contributed by atoms with Gasteiger partial charge in [-0.1, -0.05) is 45.2 Å². The number of hydrogen-bond acceptors (Lipinski definition) is 1. The average molecular weight is 245 g/mol. The van der Waals surface area contributed by atoms with Gasteiger partial charge in [-0.05, 0) is 18.9 Å². The first kappa shape index (κ1) is 12.5. The summed E-state index contributed by atoms with van der Waals surface area (Å²) in [6, 6.07) is 0.588. The standard InChI is InChI=1S/C11H21N2.Cu/c1-7-5-4-6-9-8(2)13-11(12-3)10(7)9;/h7-12H,4-6H2,1-3H3;/q-1;+1. The van der Waals surface area contributed by atoms with Crippen molar-refractivity contribution in [2.75, 3.05) is 7.05 Å². The quantitative estimate of drug-likeness (QED) is 0.705. The topological polar surface area (TPSA) is 26.1 Å². The molecule has 2 nitrogen and oxygen atoms in total. The van der Waals surface area contributed by atoms with Crippen LogP contribution in [0.3, 0.4) is 0 Å². The van der Waals surface area contributed by atoms with Gasteiger partial charge in [0.05, 0.1) is 0 Å². The minimum Gasteiger partial charge on any atom is -0.644 e. The monoisotopic (exact) mass is 244 g/mol. The third-order valence-corrected chi connectivity index (χ3v) is 4.02. The fraction of sp³-hybridized carbons (Fsp3) is 1.00. The van der Waals surface area contributed by atoms with Crippen LogP contribution in [0.4, 0.5) is 0 Å². The molecule has 2 aliphatic rings. The molecule has 0 aromatic carbocycles. The fourth-order valence-electron chi connectivity index (χ4n) is 3.32. The smallest absolute Gasteiger partial charge is 0.644 e. The summed E-state index contributed by atoms with van der Waals surface area (Å²) >= 11 is 0. The van der Waals surface area contributed by atoms with Crippen LogP contribution in [0.1, 0.15) is 33.1 Å². The summed E-state index contributed by atoms with van der Waals surface area (Å²) in [5.74, 6) is 2.54. The zero-order valence-corrected chi connectivity index (χ0v) is 10.2. The Morgan fingerprint density at radius 1 is 1.21 bits per heavy atom. The normalized spacial score (nSPS) is 46.9. The van der Waals surface area contributed by atoms with Crippen LogP contribution < -0.4 is 5.32 Å². The Hall–Kier alpha value is 0.439. The van der Waals surface area contributed by atoms with Crippen molar-refractivity contribution in [1.82, 2.24) is 5.32 Å². The van der Waals surface area contributed by atoms with Gasteiger partial charge in [-0.3, -0.25) is 0 Å². The molecule has 0 amide bonds. The van der Waals surface area contributed by atoms with Crippen LogP contribution in [-0.2, 0) is 17.1 Å². The summed E-state index contributed by atoms with van der Waals surface area (Å²) in [6.07, 6.45) is 4.66. The van der Waals surface area contributed by atoms with Crippen molar-refractivity contribution in [3.8, 4) is 0 Å². The maximum Gasteiger partial charge on any atom is 1.00 e. The number of nitrogens with zero attached hydrogens (tertiary/aromatic N) is 1. The molecule has 1 saturated carbocycles. The first-order valence-electron chi connectivity index (χ1n) is 5.61. The summed E-state index contributed by atoms with van der Waals surface area (Å²) in [4.78, 5) is 0. The van der Waals surface area contributed by atoms with E-state index in [0.29, 0.717) is 12.2 Å². The van der Waals surface area contributed by atoms with E-state index in [2.05, 4.69) is 19.2 Å². The first-order valence-corrected chi connectivity index (χ1v) is 5.61. The molecule has 1 saturated heterocycles. The van der Waals surface area contributed by atoms with Crippen LogP contribution in [0.25, 0.3) is 5.32 Å². The molecule has 0 spiro atoms. The first-order chi connectivity index (χ1) is 6.24. The summed E-state index contributed by atoms with van der Waals surface area (Å²) in [5.41, 5.74) is 0. The van der Waals surface area contributed by atoms with Crippen molar-refractivity contribution in [2.24, 2.45) is 17.8 Å². The Balaban J connectivity index is 0.000000980. The average Bonchev–Trinajstić information content (AvgIpc) is 2.45. The van der Waals surface area contributed by atoms with Gasteiger partial charge in [0.25, 0.3) is 0 Å². The van der Waals surface area contributed by atoms with Gasteiger partial charge >= 0.3 is 17.1 Å². The summed E-state index contributed by atoms with van der Waals surface area (Å²) in [6.45, 7) is 4.68. The van der Waals surface area contributed by atoms with Crippen molar-refractivity contribution in [3.63, 3.8) is 0 Å². The molecule has 86 valence electrons. The predicted molar refractivity (Wildman–Crippen MR) is 55.7 cm³/mol. The zero-order chi connectivity index (χ0) is 9.42. The van der Waals surface area contributed by atoms with Crippen LogP contribution in [0.15, 0.2) is 0 Å². The van der Waals surface area contributed by atoms with Gasteiger partial charge in [-0.2, -0.15) is 0 Å². The third-order valence-electron chi connectivity index (χ3n) is 4.02. The van der Waals surface area contributed by atoms with Gasteiger partial charge < -0.3 is 10.6 Å². The van der Waals surface area contributed by atoms with Crippen molar-refractivity contribution in [1.29, 1.82) is 0 Å². The van der Waals surface area contributed by atoms with Gasteiger partial charge in [-0.25, -0.2) is 0 Å². The second-order valence-corrected chi connectivity index (χ2v) is 4.77. The third kappa shape index (κ3) is 2.01. The molecule has 1 aliphatic heterocycles. The Morgan fingerprint density at radius 2 is 1.93 bits per heavy atom. The van der Waals surface area contributed by atoms with Crippen molar-refractivity contribution in [2.45, 2.75) is 45.3 Å². The maximum atomic E-state index is 4.79. The molecule has 2 fully saturated rings. The van der Waals surface area contributed by atoms with Gasteiger partial charge in [0.2, 0.25) is 0 Å². The van der Waals surface area contributed by atoms with Gasteiger partial charge in [0.15, 0.2) is 0 Å². The van der Waals surface area contributed by atoms with E-state index in [1.165, 1.54) is 19.3 Å². The number of fused-ring (bicyclic) bond motifs is 1. The maximum absolute atomic E-state index is 4.79. The van der Waals surface area contributed by atoms with Crippen LogP contribution in [0, 0.1) is 17.8 Å². The summed E-state index contributed by atoms with van der Waals surface area (Å²) < 4.78 is 0. The van der Waals surface area contributed by atoms with Crippen LogP contribution in [-0.4, -0.2) is 19.3 Å². The Bertz CT molecular complexity index is 186. The van der Waals surface area contributed by atoms with E-state index in [9.17, 15) is 0 Å². The van der Waals surface area contributed by atoms with Gasteiger partial charge in [0, 0.05) is 0 Å². The molecule has 0 aromatic heterocycles. The van der Waals surface area contributed by atoms with Crippen molar-refractivity contribution >= 4 is 0 Å². The molecule has 14 heavy (non-hydrogen) atoms. The van der Waals surface area contributed by atoms with Crippen molar-refractivity contribution < 1.29 is 17.1 Å². The molecule has 3 heteroatoms. The second-order valence-electron chi connectivity index (χ2n) is 4.77. The minimum absolute atomic E-state index is 0. The molecule has 1 aliphatic carbocycles. The summed E-state index contributed by atoms with van der Waals surface area (Å²) in [5, 5.41) is 8.15. The van der Waals surface area contributed by atoms with E-state index >= 15 is 0 Å². The molecule has 1 N–H and O–H groups in total. The van der Waals surface area contributed by atoms with E-state index in [1.807, 2.05) is 7.05 Å². The van der Waals surface area contributed by atoms with E-state index in [0.717, 1.165) is 17.8 Å². The number of rotatable bonds is 1. The van der Waals surface area contributed by atoms with E-state index in [1.54, 1.807) is 0 Å². The molecule has 0 bridgehead atoms. The molecule has 0 radical (unpaired) electrons. The second kappa shape index (κ2) is 4.98. The molecular weight excluding hydrogens is 224 g/mol. The molecule has 5 atom stereocenters. The number of nitrogens with one attached hydrogen (secondary N) is 1. The van der Waals surface area contributed by atoms with E-state index in [4.69, 9.17) is 5.32 Å². The van der Waals surface area contributed by atoms with Gasteiger partial charge in [-0.15, -0.1) is 6.04 Å². The Kier molecular flexibility index (Phi) is 4.45. The van der Waals surface area contributed by atoms with Crippen LogP contribution >= 0.6 is 0 Å². The van der Waals surface area contributed by atoms with E-state index < -0.39 is 0 Å². The molecule has 2 rings (SSSR count). The molecule has 5 unspecified atom stereocenters. The van der Waals surface area contributed by atoms with Gasteiger partial charge in [0.1, 0.15) is 0 Å².